The number of carbonyl (C=O) groups excluding carboxylic acids is 2. The van der Waals surface area contributed by atoms with E-state index in [1.165, 1.54) is 12.1 Å². The summed E-state index contributed by atoms with van der Waals surface area (Å²) in [4.78, 5) is 27.4. The highest BCUT2D eigenvalue weighted by Crippen LogP contribution is 2.34. The molecule has 1 aliphatic rings. The Kier molecular flexibility index (Phi) is 7.41. The summed E-state index contributed by atoms with van der Waals surface area (Å²) in [5, 5.41) is 2.94. The number of hydrogen-bond donors (Lipinski definition) is 1. The SMILES string of the molecule is COCCCNC(=O)[C@@H]1CN(C(=O)c2ccccc2F)C[C@H]1c1ccc(OC)cc1. The van der Waals surface area contributed by atoms with Gasteiger partial charge in [-0.2, -0.15) is 0 Å². The number of benzene rings is 2. The number of methoxy groups -OCH3 is 2. The van der Waals surface area contributed by atoms with Crippen LogP contribution in [-0.4, -0.2) is 57.2 Å². The highest BCUT2D eigenvalue weighted by atomic mass is 19.1. The predicted molar refractivity (Wildman–Crippen MR) is 111 cm³/mol. The molecular weight excluding hydrogens is 387 g/mol. The van der Waals surface area contributed by atoms with Gasteiger partial charge in [-0.1, -0.05) is 24.3 Å². The van der Waals surface area contributed by atoms with Crippen LogP contribution in [0.1, 0.15) is 28.3 Å². The maximum absolute atomic E-state index is 14.1. The number of hydrogen-bond acceptors (Lipinski definition) is 4. The number of carbonyl (C=O) groups is 2. The molecule has 6 nitrogen and oxygen atoms in total. The van der Waals surface area contributed by atoms with E-state index in [1.54, 1.807) is 31.3 Å². The van der Waals surface area contributed by atoms with Gasteiger partial charge in [-0.15, -0.1) is 0 Å². The molecule has 2 atom stereocenters. The first-order valence-electron chi connectivity index (χ1n) is 9.99. The van der Waals surface area contributed by atoms with E-state index in [-0.39, 0.29) is 23.9 Å². The molecule has 30 heavy (non-hydrogen) atoms. The smallest absolute Gasteiger partial charge is 0.256 e. The number of nitrogens with zero attached hydrogens (tertiary/aromatic N) is 1. The zero-order valence-corrected chi connectivity index (χ0v) is 17.3. The molecule has 0 saturated carbocycles. The summed E-state index contributed by atoms with van der Waals surface area (Å²) in [5.74, 6) is -0.963. The van der Waals surface area contributed by atoms with Crippen LogP contribution in [0.25, 0.3) is 0 Å². The van der Waals surface area contributed by atoms with Crippen LogP contribution in [0.4, 0.5) is 4.39 Å². The van der Waals surface area contributed by atoms with Crippen molar-refractivity contribution in [2.45, 2.75) is 12.3 Å². The van der Waals surface area contributed by atoms with Crippen LogP contribution in [0.3, 0.4) is 0 Å². The van der Waals surface area contributed by atoms with Crippen molar-refractivity contribution >= 4 is 11.8 Å². The fourth-order valence-electron chi connectivity index (χ4n) is 3.79. The van der Waals surface area contributed by atoms with Crippen LogP contribution in [0.2, 0.25) is 0 Å². The van der Waals surface area contributed by atoms with Crippen molar-refractivity contribution in [3.05, 3.63) is 65.5 Å². The van der Waals surface area contributed by atoms with E-state index in [0.717, 1.165) is 11.3 Å². The number of likely N-dealkylation sites (tertiary alicyclic amines) is 1. The number of rotatable bonds is 8. The number of ether oxygens (including phenoxy) is 2. The maximum Gasteiger partial charge on any atom is 0.256 e. The summed E-state index contributed by atoms with van der Waals surface area (Å²) in [6.45, 7) is 1.64. The second-order valence-electron chi connectivity index (χ2n) is 7.31. The molecule has 1 N–H and O–H groups in total. The Hall–Kier alpha value is -2.93. The van der Waals surface area contributed by atoms with E-state index in [9.17, 15) is 14.0 Å². The van der Waals surface area contributed by atoms with Crippen molar-refractivity contribution in [3.8, 4) is 5.75 Å². The molecule has 1 heterocycles. The lowest BCUT2D eigenvalue weighted by molar-refractivity contribution is -0.124. The molecule has 160 valence electrons. The van der Waals surface area contributed by atoms with E-state index in [1.807, 2.05) is 24.3 Å². The minimum atomic E-state index is -0.559. The molecule has 1 saturated heterocycles. The lowest BCUT2D eigenvalue weighted by atomic mass is 9.88. The first-order valence-corrected chi connectivity index (χ1v) is 9.99. The van der Waals surface area contributed by atoms with Gasteiger partial charge >= 0.3 is 0 Å². The van der Waals surface area contributed by atoms with E-state index < -0.39 is 17.6 Å². The molecular formula is C23H27FN2O4. The quantitative estimate of drug-likeness (QED) is 0.675. The molecule has 0 aromatic heterocycles. The second kappa shape index (κ2) is 10.2. The third kappa shape index (κ3) is 4.97. The third-order valence-corrected chi connectivity index (χ3v) is 5.42. The fraction of sp³-hybridized carbons (Fsp3) is 0.391. The standard InChI is InChI=1S/C23H27FN2O4/c1-29-13-5-12-25-22(27)20-15-26(23(28)18-6-3-4-7-21(18)24)14-19(20)16-8-10-17(30-2)11-9-16/h3-4,6-11,19-20H,5,12-15H2,1-2H3,(H,25,27)/t19-,20+/m0/s1. The summed E-state index contributed by atoms with van der Waals surface area (Å²) in [7, 11) is 3.21. The number of amides is 2. The summed E-state index contributed by atoms with van der Waals surface area (Å²) >= 11 is 0. The van der Waals surface area contributed by atoms with Gasteiger partial charge in [0.1, 0.15) is 11.6 Å². The Balaban J connectivity index is 1.80. The van der Waals surface area contributed by atoms with Gasteiger partial charge in [-0.3, -0.25) is 9.59 Å². The summed E-state index contributed by atoms with van der Waals surface area (Å²) < 4.78 is 24.4. The van der Waals surface area contributed by atoms with Crippen molar-refractivity contribution in [1.29, 1.82) is 0 Å². The third-order valence-electron chi connectivity index (χ3n) is 5.42. The average Bonchev–Trinajstić information content (AvgIpc) is 3.22. The van der Waals surface area contributed by atoms with Gasteiger partial charge in [0.25, 0.3) is 5.91 Å². The van der Waals surface area contributed by atoms with Crippen LogP contribution >= 0.6 is 0 Å². The van der Waals surface area contributed by atoms with Crippen LogP contribution in [0, 0.1) is 11.7 Å². The van der Waals surface area contributed by atoms with Gasteiger partial charge in [0.05, 0.1) is 18.6 Å². The van der Waals surface area contributed by atoms with Crippen molar-refractivity contribution < 1.29 is 23.5 Å². The highest BCUT2D eigenvalue weighted by molar-refractivity contribution is 5.95. The molecule has 0 radical (unpaired) electrons. The molecule has 7 heteroatoms. The minimum Gasteiger partial charge on any atom is -0.497 e. The first-order chi connectivity index (χ1) is 14.5. The zero-order chi connectivity index (χ0) is 21.5. The number of nitrogens with one attached hydrogen (secondary N) is 1. The topological polar surface area (TPSA) is 67.9 Å². The maximum atomic E-state index is 14.1. The van der Waals surface area contributed by atoms with Crippen LogP contribution in [-0.2, 0) is 9.53 Å². The van der Waals surface area contributed by atoms with E-state index >= 15 is 0 Å². The molecule has 2 aromatic rings. The number of halogens is 1. The Morgan fingerprint density at radius 3 is 2.50 bits per heavy atom. The van der Waals surface area contributed by atoms with Crippen molar-refractivity contribution in [3.63, 3.8) is 0 Å². The minimum absolute atomic E-state index is 0.0205. The largest absolute Gasteiger partial charge is 0.497 e. The normalized spacial score (nSPS) is 18.3. The Bertz CT molecular complexity index is 872. The van der Waals surface area contributed by atoms with E-state index in [2.05, 4.69) is 5.32 Å². The zero-order valence-electron chi connectivity index (χ0n) is 17.3. The van der Waals surface area contributed by atoms with Crippen molar-refractivity contribution in [2.24, 2.45) is 5.92 Å². The Morgan fingerprint density at radius 1 is 1.10 bits per heavy atom. The van der Waals surface area contributed by atoms with Crippen LogP contribution in [0.15, 0.2) is 48.5 Å². The van der Waals surface area contributed by atoms with Crippen molar-refractivity contribution in [2.75, 3.05) is 40.5 Å². The summed E-state index contributed by atoms with van der Waals surface area (Å²) in [6.07, 6.45) is 0.708. The summed E-state index contributed by atoms with van der Waals surface area (Å²) in [5.41, 5.74) is 0.962. The molecule has 1 fully saturated rings. The molecule has 0 unspecified atom stereocenters. The Labute approximate surface area is 176 Å². The van der Waals surface area contributed by atoms with Gasteiger partial charge in [0.2, 0.25) is 5.91 Å². The molecule has 0 aliphatic carbocycles. The van der Waals surface area contributed by atoms with Crippen LogP contribution in [0.5, 0.6) is 5.75 Å². The molecule has 2 aromatic carbocycles. The molecule has 2 amide bonds. The highest BCUT2D eigenvalue weighted by Gasteiger charge is 2.40. The second-order valence-corrected chi connectivity index (χ2v) is 7.31. The van der Waals surface area contributed by atoms with Gasteiger partial charge < -0.3 is 19.7 Å². The monoisotopic (exact) mass is 414 g/mol. The molecule has 3 rings (SSSR count). The van der Waals surface area contributed by atoms with Gasteiger partial charge in [0.15, 0.2) is 0 Å². The van der Waals surface area contributed by atoms with Gasteiger partial charge in [-0.25, -0.2) is 4.39 Å². The fourth-order valence-corrected chi connectivity index (χ4v) is 3.79. The lowest BCUT2D eigenvalue weighted by Crippen LogP contribution is -2.36. The van der Waals surface area contributed by atoms with Crippen LogP contribution < -0.4 is 10.1 Å². The van der Waals surface area contributed by atoms with Gasteiger partial charge in [0, 0.05) is 39.3 Å². The van der Waals surface area contributed by atoms with E-state index in [4.69, 9.17) is 9.47 Å². The van der Waals surface area contributed by atoms with Crippen molar-refractivity contribution in [1.82, 2.24) is 10.2 Å². The first kappa shape index (κ1) is 21.8. The van der Waals surface area contributed by atoms with Gasteiger partial charge in [-0.05, 0) is 36.2 Å². The lowest BCUT2D eigenvalue weighted by Gasteiger charge is -2.18. The molecule has 1 aliphatic heterocycles. The molecule has 0 spiro atoms. The summed E-state index contributed by atoms with van der Waals surface area (Å²) in [6, 6.07) is 13.4. The van der Waals surface area contributed by atoms with E-state index in [0.29, 0.717) is 26.1 Å². The Morgan fingerprint density at radius 2 is 1.83 bits per heavy atom. The predicted octanol–water partition coefficient (Wildman–Crippen LogP) is 2.84. The molecule has 0 bridgehead atoms. The average molecular weight is 414 g/mol.